The molecule has 1 heteroatoms. The molecule has 0 aromatic heterocycles. The second-order valence-electron chi connectivity index (χ2n) is 7.54. The average molecular weight is 309 g/mol. The van der Waals surface area contributed by atoms with Gasteiger partial charge in [0, 0.05) is 12.1 Å². The molecular weight excluding hydrogens is 266 g/mol. The van der Waals surface area contributed by atoms with Crippen LogP contribution >= 0.6 is 0 Å². The van der Waals surface area contributed by atoms with Gasteiger partial charge in [-0.15, -0.1) is 0 Å². The van der Waals surface area contributed by atoms with E-state index in [0.717, 1.165) is 6.54 Å². The molecule has 0 amide bonds. The normalized spacial score (nSPS) is 16.6. The lowest BCUT2D eigenvalue weighted by Gasteiger charge is -2.41. The van der Waals surface area contributed by atoms with Gasteiger partial charge in [-0.1, -0.05) is 97.3 Å². The monoisotopic (exact) mass is 308 g/mol. The summed E-state index contributed by atoms with van der Waals surface area (Å²) in [6, 6.07) is 0. The summed E-state index contributed by atoms with van der Waals surface area (Å²) >= 11 is 0. The first-order chi connectivity index (χ1) is 10.8. The van der Waals surface area contributed by atoms with Gasteiger partial charge in [0.2, 0.25) is 0 Å². The summed E-state index contributed by atoms with van der Waals surface area (Å²) in [6.45, 7) is 5.52. The Hall–Kier alpha value is -0.0400. The molecule has 0 aromatic carbocycles. The largest absolute Gasteiger partial charge is 0.235 e. The Morgan fingerprint density at radius 3 is 1.45 bits per heavy atom. The Morgan fingerprint density at radius 2 is 1.09 bits per heavy atom. The first-order valence-corrected chi connectivity index (χ1v) is 10.5. The van der Waals surface area contributed by atoms with Gasteiger partial charge in [-0.3, -0.25) is 0 Å². The molecule has 1 aliphatic rings. The molecule has 1 fully saturated rings. The number of hydrogen-bond donors (Lipinski definition) is 0. The Balaban J connectivity index is 1.76. The van der Waals surface area contributed by atoms with Crippen LogP contribution in [0.1, 0.15) is 123 Å². The molecule has 1 nitrogen and oxygen atoms in total. The smallest absolute Gasteiger partial charge is 0.0356 e. The quantitative estimate of drug-likeness (QED) is 0.272. The van der Waals surface area contributed by atoms with Crippen molar-refractivity contribution in [2.24, 2.45) is 0 Å². The highest BCUT2D eigenvalue weighted by Gasteiger charge is 2.36. The summed E-state index contributed by atoms with van der Waals surface area (Å²) in [5.74, 6) is 0. The minimum atomic E-state index is 0.437. The highest BCUT2D eigenvalue weighted by Crippen LogP contribution is 2.37. The molecule has 0 heterocycles. The highest BCUT2D eigenvalue weighted by molar-refractivity contribution is 4.94. The van der Waals surface area contributed by atoms with E-state index in [2.05, 4.69) is 13.8 Å². The lowest BCUT2D eigenvalue weighted by Crippen LogP contribution is -2.46. The van der Waals surface area contributed by atoms with Gasteiger partial charge in [0.1, 0.15) is 0 Å². The van der Waals surface area contributed by atoms with Crippen molar-refractivity contribution in [1.82, 2.24) is 5.32 Å². The molecule has 0 N–H and O–H groups in total. The van der Waals surface area contributed by atoms with Crippen molar-refractivity contribution in [3.63, 3.8) is 0 Å². The predicted octanol–water partition coefficient (Wildman–Crippen LogP) is 7.01. The van der Waals surface area contributed by atoms with Crippen LogP contribution in [0.4, 0.5) is 0 Å². The van der Waals surface area contributed by atoms with Gasteiger partial charge in [0.25, 0.3) is 0 Å². The van der Waals surface area contributed by atoms with Crippen molar-refractivity contribution in [3.05, 3.63) is 0 Å². The van der Waals surface area contributed by atoms with Crippen molar-refractivity contribution in [3.8, 4) is 0 Å². The molecule has 1 saturated carbocycles. The number of hydrogen-bond acceptors (Lipinski definition) is 0. The zero-order valence-corrected chi connectivity index (χ0v) is 15.7. The van der Waals surface area contributed by atoms with E-state index in [1.807, 2.05) is 0 Å². The molecule has 131 valence electrons. The van der Waals surface area contributed by atoms with Gasteiger partial charge in [-0.05, 0) is 25.7 Å². The average Bonchev–Trinajstić information content (AvgIpc) is 2.49. The Kier molecular flexibility index (Phi) is 12.2. The minimum absolute atomic E-state index is 0.437. The zero-order valence-electron chi connectivity index (χ0n) is 15.7. The van der Waals surface area contributed by atoms with Crippen LogP contribution in [0.15, 0.2) is 0 Å². The van der Waals surface area contributed by atoms with E-state index >= 15 is 0 Å². The molecule has 1 aliphatic carbocycles. The minimum Gasteiger partial charge on any atom is -0.235 e. The maximum atomic E-state index is 4.86. The van der Waals surface area contributed by atoms with E-state index in [-0.39, 0.29) is 0 Å². The summed E-state index contributed by atoms with van der Waals surface area (Å²) in [6.07, 6.45) is 24.4. The Morgan fingerprint density at radius 1 is 0.636 bits per heavy atom. The third-order valence-corrected chi connectivity index (χ3v) is 5.52. The van der Waals surface area contributed by atoms with Crippen LogP contribution < -0.4 is 5.32 Å². The molecule has 1 rings (SSSR count). The summed E-state index contributed by atoms with van der Waals surface area (Å²) in [7, 11) is 0. The van der Waals surface area contributed by atoms with Crippen LogP contribution in [0.3, 0.4) is 0 Å². The second kappa shape index (κ2) is 13.4. The van der Waals surface area contributed by atoms with Crippen LogP contribution in [0.2, 0.25) is 0 Å². The van der Waals surface area contributed by atoms with Crippen molar-refractivity contribution in [2.45, 2.75) is 129 Å². The highest BCUT2D eigenvalue weighted by atomic mass is 15.0. The molecule has 0 atom stereocenters. The van der Waals surface area contributed by atoms with E-state index in [9.17, 15) is 0 Å². The molecule has 0 spiro atoms. The van der Waals surface area contributed by atoms with Crippen molar-refractivity contribution < 1.29 is 0 Å². The van der Waals surface area contributed by atoms with Gasteiger partial charge in [0.05, 0.1) is 0 Å². The number of unbranched alkanes of at least 4 members (excludes halogenated alkanes) is 12. The van der Waals surface area contributed by atoms with Crippen LogP contribution in [0.5, 0.6) is 0 Å². The van der Waals surface area contributed by atoms with Gasteiger partial charge in [-0.2, -0.15) is 0 Å². The lowest BCUT2D eigenvalue weighted by atomic mass is 9.73. The third-order valence-electron chi connectivity index (χ3n) is 5.52. The molecule has 0 aliphatic heterocycles. The SMILES string of the molecule is CCCCCCCCCCCCCCCC1([N]CC)CCC1. The van der Waals surface area contributed by atoms with E-state index in [1.165, 1.54) is 109 Å². The third kappa shape index (κ3) is 9.18. The van der Waals surface area contributed by atoms with Crippen LogP contribution in [0, 0.1) is 0 Å². The van der Waals surface area contributed by atoms with Gasteiger partial charge in [-0.25, -0.2) is 5.32 Å². The molecule has 0 saturated heterocycles. The number of rotatable bonds is 16. The van der Waals surface area contributed by atoms with Crippen molar-refractivity contribution in [1.29, 1.82) is 0 Å². The number of nitrogens with zero attached hydrogens (tertiary/aromatic N) is 1. The van der Waals surface area contributed by atoms with Gasteiger partial charge >= 0.3 is 0 Å². The van der Waals surface area contributed by atoms with Gasteiger partial charge < -0.3 is 0 Å². The molecule has 0 unspecified atom stereocenters. The van der Waals surface area contributed by atoms with Crippen molar-refractivity contribution >= 4 is 0 Å². The second-order valence-corrected chi connectivity index (χ2v) is 7.54. The van der Waals surface area contributed by atoms with Crippen LogP contribution in [-0.4, -0.2) is 12.1 Å². The standard InChI is InChI=1S/C21H42N/c1-3-5-6-7-8-9-10-11-12-13-14-15-16-18-21(22-4-2)19-17-20-21/h3-20H2,1-2H3. The first kappa shape index (κ1) is 20.0. The zero-order chi connectivity index (χ0) is 15.9. The fraction of sp³-hybridized carbons (Fsp3) is 1.00. The molecular formula is C21H42N. The first-order valence-electron chi connectivity index (χ1n) is 10.5. The van der Waals surface area contributed by atoms with Crippen molar-refractivity contribution in [2.75, 3.05) is 6.54 Å². The Bertz CT molecular complexity index is 232. The fourth-order valence-electron chi connectivity index (χ4n) is 3.88. The van der Waals surface area contributed by atoms with E-state index < -0.39 is 0 Å². The van der Waals surface area contributed by atoms with Crippen LogP contribution in [-0.2, 0) is 0 Å². The maximum absolute atomic E-state index is 4.86. The Labute approximate surface area is 141 Å². The molecule has 22 heavy (non-hydrogen) atoms. The molecule has 0 aromatic rings. The maximum Gasteiger partial charge on any atom is 0.0356 e. The summed E-state index contributed by atoms with van der Waals surface area (Å²) in [4.78, 5) is 0. The predicted molar refractivity (Wildman–Crippen MR) is 99.6 cm³/mol. The summed E-state index contributed by atoms with van der Waals surface area (Å²) in [5.41, 5.74) is 0.437. The summed E-state index contributed by atoms with van der Waals surface area (Å²) in [5, 5.41) is 4.86. The molecule has 1 radical (unpaired) electrons. The van der Waals surface area contributed by atoms with Gasteiger partial charge in [0.15, 0.2) is 0 Å². The van der Waals surface area contributed by atoms with Crippen LogP contribution in [0.25, 0.3) is 0 Å². The van der Waals surface area contributed by atoms with E-state index in [0.29, 0.717) is 5.54 Å². The topological polar surface area (TPSA) is 14.1 Å². The molecule has 0 bridgehead atoms. The summed E-state index contributed by atoms with van der Waals surface area (Å²) < 4.78 is 0. The van der Waals surface area contributed by atoms with E-state index in [1.54, 1.807) is 0 Å². The fourth-order valence-corrected chi connectivity index (χ4v) is 3.88. The lowest BCUT2D eigenvalue weighted by molar-refractivity contribution is 0.163. The van der Waals surface area contributed by atoms with E-state index in [4.69, 9.17) is 5.32 Å².